The van der Waals surface area contributed by atoms with Crippen LogP contribution in [0.2, 0.25) is 0 Å². The Kier molecular flexibility index (Phi) is 10.2. The second-order valence-electron chi connectivity index (χ2n) is 12.9. The average molecular weight is 552 g/mol. The number of nitrogens with one attached hydrogen (secondary N) is 2. The zero-order valence-electron chi connectivity index (χ0n) is 23.9. The molecule has 38 heavy (non-hydrogen) atoms. The first kappa shape index (κ1) is 28.1. The van der Waals surface area contributed by atoms with E-state index in [4.69, 9.17) is 14.2 Å². The minimum absolute atomic E-state index is 0.149. The Labute approximate surface area is 231 Å². The van der Waals surface area contributed by atoms with Gasteiger partial charge >= 0.3 is 0 Å². The Morgan fingerprint density at radius 2 is 1.03 bits per heavy atom. The second kappa shape index (κ2) is 13.7. The number of quaternary nitrogens is 1. The highest BCUT2D eigenvalue weighted by molar-refractivity contribution is 7.68. The van der Waals surface area contributed by atoms with E-state index in [9.17, 15) is 0 Å². The van der Waals surface area contributed by atoms with Crippen LogP contribution in [0.3, 0.4) is 0 Å². The van der Waals surface area contributed by atoms with Crippen LogP contribution in [0.1, 0.15) is 96.3 Å². The maximum Gasteiger partial charge on any atom is 0.240 e. The van der Waals surface area contributed by atoms with Crippen molar-refractivity contribution in [1.82, 2.24) is 20.4 Å². The molecule has 6 aliphatic rings. The fraction of sp³-hybridized carbons (Fsp3) is 1.00. The van der Waals surface area contributed by atoms with E-state index in [0.717, 1.165) is 69.6 Å². The molecule has 3 unspecified atom stereocenters. The molecular formula is C29H56N6O2P+. The number of ether oxygens (including phenoxy) is 2. The van der Waals surface area contributed by atoms with E-state index >= 15 is 0 Å². The van der Waals surface area contributed by atoms with Gasteiger partial charge in [-0.3, -0.25) is 10.2 Å². The van der Waals surface area contributed by atoms with Gasteiger partial charge in [0, 0.05) is 26.2 Å². The fourth-order valence-corrected chi connectivity index (χ4v) is 15.2. The number of hydrogen-bond acceptors (Lipinski definition) is 7. The molecule has 3 heterocycles. The summed E-state index contributed by atoms with van der Waals surface area (Å²) in [6.07, 6.45) is 22.3. The molecule has 4 N–H and O–H groups in total. The SMILES string of the molecule is C1CCC(P(=NC2NC(N3CCOCC3)NC(N3CCOCC3)[NH2+]2)(C2CCCCC2)C2CCCCC2)CC1. The third-order valence-corrected chi connectivity index (χ3v) is 16.4. The number of morpholine rings is 2. The van der Waals surface area contributed by atoms with Crippen molar-refractivity contribution in [2.24, 2.45) is 4.74 Å². The van der Waals surface area contributed by atoms with E-state index in [1.807, 2.05) is 0 Å². The summed E-state index contributed by atoms with van der Waals surface area (Å²) in [4.78, 5) is 5.16. The van der Waals surface area contributed by atoms with Crippen LogP contribution in [-0.4, -0.2) is 98.3 Å². The van der Waals surface area contributed by atoms with Gasteiger partial charge in [0.15, 0.2) is 0 Å². The maximum absolute atomic E-state index is 6.32. The third kappa shape index (κ3) is 6.38. The number of rotatable bonds is 6. The average Bonchev–Trinajstić information content (AvgIpc) is 3.02. The molecule has 3 aliphatic heterocycles. The van der Waals surface area contributed by atoms with Crippen LogP contribution < -0.4 is 16.0 Å². The Hall–Kier alpha value is -0.0500. The van der Waals surface area contributed by atoms with Crippen LogP contribution in [0, 0.1) is 0 Å². The van der Waals surface area contributed by atoms with E-state index < -0.39 is 7.05 Å². The molecule has 0 bridgehead atoms. The van der Waals surface area contributed by atoms with Gasteiger partial charge in [0.05, 0.1) is 26.4 Å². The van der Waals surface area contributed by atoms with E-state index in [-0.39, 0.29) is 18.9 Å². The lowest BCUT2D eigenvalue weighted by atomic mass is 9.99. The summed E-state index contributed by atoms with van der Waals surface area (Å²) >= 11 is 0. The van der Waals surface area contributed by atoms with Crippen molar-refractivity contribution in [2.75, 3.05) is 52.6 Å². The first-order valence-electron chi connectivity index (χ1n) is 16.4. The molecule has 3 saturated carbocycles. The van der Waals surface area contributed by atoms with Gasteiger partial charge in [0.2, 0.25) is 12.6 Å². The molecule has 0 aromatic carbocycles. The molecule has 0 radical (unpaired) electrons. The minimum atomic E-state index is -1.51. The monoisotopic (exact) mass is 551 g/mol. The first-order chi connectivity index (χ1) is 18.8. The van der Waals surface area contributed by atoms with E-state index in [2.05, 4.69) is 25.8 Å². The Bertz CT molecular complexity index is 693. The molecule has 6 rings (SSSR count). The van der Waals surface area contributed by atoms with Crippen molar-refractivity contribution in [2.45, 2.75) is 132 Å². The van der Waals surface area contributed by atoms with Gasteiger partial charge in [-0.1, -0.05) is 57.8 Å². The lowest BCUT2D eigenvalue weighted by Crippen LogP contribution is -3.07. The van der Waals surface area contributed by atoms with Crippen LogP contribution in [0.4, 0.5) is 0 Å². The predicted octanol–water partition coefficient (Wildman–Crippen LogP) is 3.46. The van der Waals surface area contributed by atoms with Crippen molar-refractivity contribution in [1.29, 1.82) is 0 Å². The molecule has 3 atom stereocenters. The maximum atomic E-state index is 6.32. The number of nitrogens with two attached hydrogens (primary N) is 1. The van der Waals surface area contributed by atoms with E-state index in [1.165, 1.54) is 96.3 Å². The Balaban J connectivity index is 1.36. The largest absolute Gasteiger partial charge is 0.379 e. The van der Waals surface area contributed by atoms with Gasteiger partial charge in [-0.2, -0.15) is 0 Å². The minimum Gasteiger partial charge on any atom is -0.379 e. The first-order valence-corrected chi connectivity index (χ1v) is 18.4. The lowest BCUT2D eigenvalue weighted by molar-refractivity contribution is -0.760. The normalized spacial score (nSPS) is 34.8. The van der Waals surface area contributed by atoms with Gasteiger partial charge in [-0.25, -0.2) is 20.3 Å². The van der Waals surface area contributed by atoms with Gasteiger partial charge in [0.25, 0.3) is 0 Å². The Morgan fingerprint density at radius 1 is 0.579 bits per heavy atom. The van der Waals surface area contributed by atoms with Crippen molar-refractivity contribution >= 4 is 7.05 Å². The van der Waals surface area contributed by atoms with Crippen molar-refractivity contribution in [3.63, 3.8) is 0 Å². The standard InChI is InChI=1S/C29H55N6O2P/c1-4-10-24(11-5-1)38(25-12-6-2-7-13-25,26-14-8-3-9-15-26)33-27-30-28(34-16-20-36-21-17-34)32-29(31-27)35-18-22-37-23-19-35/h24-32H,1-23H2/p+1. The molecule has 3 aliphatic carbocycles. The van der Waals surface area contributed by atoms with Crippen molar-refractivity contribution in [3.8, 4) is 0 Å². The lowest BCUT2D eigenvalue weighted by Gasteiger charge is -2.50. The number of nitrogens with zero attached hydrogens (tertiary/aromatic N) is 3. The molecule has 0 spiro atoms. The Morgan fingerprint density at radius 3 is 1.50 bits per heavy atom. The van der Waals surface area contributed by atoms with Crippen LogP contribution in [-0.2, 0) is 9.47 Å². The van der Waals surface area contributed by atoms with Crippen LogP contribution in [0.25, 0.3) is 0 Å². The smallest absolute Gasteiger partial charge is 0.240 e. The van der Waals surface area contributed by atoms with Crippen LogP contribution >= 0.6 is 7.05 Å². The highest BCUT2D eigenvalue weighted by atomic mass is 31.2. The van der Waals surface area contributed by atoms with E-state index in [1.54, 1.807) is 0 Å². The zero-order chi connectivity index (χ0) is 25.6. The summed E-state index contributed by atoms with van der Waals surface area (Å²) in [7, 11) is -1.51. The third-order valence-electron chi connectivity index (χ3n) is 10.7. The topological polar surface area (TPSA) is 78.0 Å². The molecule has 8 nitrogen and oxygen atoms in total. The van der Waals surface area contributed by atoms with Gasteiger partial charge in [0.1, 0.15) is 6.29 Å². The zero-order valence-corrected chi connectivity index (χ0v) is 24.8. The highest BCUT2D eigenvalue weighted by Crippen LogP contribution is 2.70. The second-order valence-corrected chi connectivity index (χ2v) is 16.9. The van der Waals surface area contributed by atoms with E-state index in [0.29, 0.717) is 0 Å². The molecule has 9 heteroatoms. The molecule has 218 valence electrons. The van der Waals surface area contributed by atoms with Crippen molar-refractivity contribution in [3.05, 3.63) is 0 Å². The summed E-state index contributed by atoms with van der Waals surface area (Å²) in [5.74, 6) is 0. The summed E-state index contributed by atoms with van der Waals surface area (Å²) in [6, 6.07) is 0. The summed E-state index contributed by atoms with van der Waals surface area (Å²) in [5.41, 5.74) is 2.66. The summed E-state index contributed by atoms with van der Waals surface area (Å²) < 4.78 is 17.8. The fourth-order valence-electron chi connectivity index (χ4n) is 8.73. The highest BCUT2D eigenvalue weighted by Gasteiger charge is 2.47. The van der Waals surface area contributed by atoms with Gasteiger partial charge in [-0.05, 0) is 62.6 Å². The van der Waals surface area contributed by atoms with Crippen LogP contribution in [0.15, 0.2) is 4.74 Å². The molecule has 0 aromatic rings. The molecule has 0 amide bonds. The van der Waals surface area contributed by atoms with Gasteiger partial charge < -0.3 is 9.47 Å². The molecule has 3 saturated heterocycles. The molecule has 6 fully saturated rings. The van der Waals surface area contributed by atoms with Crippen molar-refractivity contribution < 1.29 is 14.8 Å². The quantitative estimate of drug-likeness (QED) is 0.439. The number of hydrogen-bond donors (Lipinski definition) is 3. The predicted molar refractivity (Wildman–Crippen MR) is 154 cm³/mol. The van der Waals surface area contributed by atoms with Crippen LogP contribution in [0.5, 0.6) is 0 Å². The van der Waals surface area contributed by atoms with Gasteiger partial charge in [-0.15, -0.1) is 0 Å². The molecular weight excluding hydrogens is 495 g/mol. The summed E-state index contributed by atoms with van der Waals surface area (Å²) in [5, 5.41) is 10.6. The summed E-state index contributed by atoms with van der Waals surface area (Å²) in [6.45, 7) is 7.32. The molecule has 0 aromatic heterocycles.